The summed E-state index contributed by atoms with van der Waals surface area (Å²) in [7, 11) is 0. The molecule has 3 aromatic carbocycles. The smallest absolute Gasteiger partial charge is 0.419 e. The molecule has 154 valence electrons. The molecule has 0 fully saturated rings. The molecule has 0 radical (unpaired) electrons. The Bertz CT molecular complexity index is 1270. The highest BCUT2D eigenvalue weighted by Gasteiger charge is 2.36. The van der Waals surface area contributed by atoms with Crippen LogP contribution >= 0.6 is 0 Å². The molecule has 31 heavy (non-hydrogen) atoms. The third kappa shape index (κ3) is 3.10. The van der Waals surface area contributed by atoms with Crippen LogP contribution < -0.4 is 9.64 Å². The van der Waals surface area contributed by atoms with Gasteiger partial charge in [-0.05, 0) is 38.5 Å². The average Bonchev–Trinajstić information content (AvgIpc) is 3.04. The lowest BCUT2D eigenvalue weighted by Crippen LogP contribution is -2.37. The highest BCUT2D eigenvalue weighted by Crippen LogP contribution is 2.45. The molecule has 5 heteroatoms. The summed E-state index contributed by atoms with van der Waals surface area (Å²) in [5.74, 6) is 0.537. The minimum Gasteiger partial charge on any atom is -0.461 e. The molecule has 2 aliphatic rings. The molecule has 0 N–H and O–H groups in total. The van der Waals surface area contributed by atoms with E-state index in [-0.39, 0.29) is 5.78 Å². The first-order valence-corrected chi connectivity index (χ1v) is 10.1. The lowest BCUT2D eigenvalue weighted by Gasteiger charge is -2.32. The van der Waals surface area contributed by atoms with Crippen molar-refractivity contribution >= 4 is 23.3 Å². The normalized spacial score (nSPS) is 14.2. The number of ether oxygens (including phenoxy) is 2. The minimum atomic E-state index is -0.670. The van der Waals surface area contributed by atoms with Gasteiger partial charge in [-0.3, -0.25) is 4.79 Å². The van der Waals surface area contributed by atoms with Gasteiger partial charge < -0.3 is 9.47 Å². The second-order valence-corrected chi connectivity index (χ2v) is 8.51. The van der Waals surface area contributed by atoms with Crippen LogP contribution in [0.2, 0.25) is 0 Å². The standard InChI is InChI=1S/C26H21NO4/c1-26(2,3)31-25(29)27-20-13-6-7-14-22(20)30-15-21(27)18-11-8-12-19-23(18)16-9-4-5-10-17(16)24(19)28/h4-15H,1-3H3. The Labute approximate surface area is 180 Å². The molecule has 0 saturated heterocycles. The van der Waals surface area contributed by atoms with Gasteiger partial charge in [0.25, 0.3) is 0 Å². The third-order valence-corrected chi connectivity index (χ3v) is 5.25. The fraction of sp³-hybridized carbons (Fsp3) is 0.154. The molecule has 0 spiro atoms. The predicted molar refractivity (Wildman–Crippen MR) is 119 cm³/mol. The molecule has 5 nitrogen and oxygen atoms in total. The monoisotopic (exact) mass is 411 g/mol. The van der Waals surface area contributed by atoms with Gasteiger partial charge in [-0.25, -0.2) is 9.69 Å². The van der Waals surface area contributed by atoms with Crippen molar-refractivity contribution in [1.82, 2.24) is 0 Å². The Kier molecular flexibility index (Phi) is 4.22. The Morgan fingerprint density at radius 3 is 2.26 bits per heavy atom. The Hall–Kier alpha value is -3.86. The maximum atomic E-state index is 13.3. The molecule has 1 aliphatic heterocycles. The molecule has 0 atom stereocenters. The van der Waals surface area contributed by atoms with Crippen LogP contribution in [0.5, 0.6) is 5.75 Å². The van der Waals surface area contributed by atoms with Gasteiger partial charge in [0.2, 0.25) is 0 Å². The molecule has 0 aromatic heterocycles. The first-order chi connectivity index (χ1) is 14.8. The number of rotatable bonds is 1. The van der Waals surface area contributed by atoms with E-state index in [4.69, 9.17) is 9.47 Å². The summed E-state index contributed by atoms with van der Waals surface area (Å²) in [4.78, 5) is 27.8. The molecule has 3 aromatic rings. The van der Waals surface area contributed by atoms with Crippen LogP contribution in [0.1, 0.15) is 42.3 Å². The van der Waals surface area contributed by atoms with E-state index in [1.54, 1.807) is 12.3 Å². The number of benzene rings is 3. The van der Waals surface area contributed by atoms with Crippen molar-refractivity contribution in [2.24, 2.45) is 0 Å². The zero-order valence-corrected chi connectivity index (χ0v) is 17.5. The van der Waals surface area contributed by atoms with Crippen LogP contribution in [0.3, 0.4) is 0 Å². The average molecular weight is 411 g/mol. The Morgan fingerprint density at radius 2 is 1.48 bits per heavy atom. The van der Waals surface area contributed by atoms with E-state index < -0.39 is 11.7 Å². The van der Waals surface area contributed by atoms with Crippen molar-refractivity contribution in [1.29, 1.82) is 0 Å². The van der Waals surface area contributed by atoms with E-state index in [1.807, 2.05) is 81.4 Å². The zero-order chi connectivity index (χ0) is 21.8. The first-order valence-electron chi connectivity index (χ1n) is 10.1. The summed E-state index contributed by atoms with van der Waals surface area (Å²) in [5.41, 5.74) is 4.09. The molecule has 1 amide bonds. The van der Waals surface area contributed by atoms with Crippen molar-refractivity contribution in [2.45, 2.75) is 26.4 Å². The number of hydrogen-bond donors (Lipinski definition) is 0. The van der Waals surface area contributed by atoms with Crippen LogP contribution in [-0.2, 0) is 4.74 Å². The van der Waals surface area contributed by atoms with Crippen molar-refractivity contribution in [3.8, 4) is 16.9 Å². The summed E-state index contributed by atoms with van der Waals surface area (Å²) in [6.07, 6.45) is 1.04. The summed E-state index contributed by atoms with van der Waals surface area (Å²) >= 11 is 0. The van der Waals surface area contributed by atoms with Crippen molar-refractivity contribution in [3.05, 3.63) is 89.7 Å². The minimum absolute atomic E-state index is 0.0194. The van der Waals surface area contributed by atoms with Crippen molar-refractivity contribution in [3.63, 3.8) is 0 Å². The highest BCUT2D eigenvalue weighted by atomic mass is 16.6. The second-order valence-electron chi connectivity index (χ2n) is 8.51. The van der Waals surface area contributed by atoms with Crippen LogP contribution in [0.15, 0.2) is 73.0 Å². The number of anilines is 1. The fourth-order valence-electron chi connectivity index (χ4n) is 4.02. The number of para-hydroxylation sites is 2. The van der Waals surface area contributed by atoms with E-state index in [1.165, 1.54) is 4.90 Å². The van der Waals surface area contributed by atoms with Gasteiger partial charge in [0.15, 0.2) is 11.5 Å². The van der Waals surface area contributed by atoms with Gasteiger partial charge in [-0.15, -0.1) is 0 Å². The van der Waals surface area contributed by atoms with E-state index in [0.717, 1.165) is 16.7 Å². The number of ketones is 1. The Balaban J connectivity index is 1.70. The zero-order valence-electron chi connectivity index (χ0n) is 17.5. The maximum absolute atomic E-state index is 13.3. The van der Waals surface area contributed by atoms with Gasteiger partial charge in [-0.1, -0.05) is 54.6 Å². The molecule has 5 rings (SSSR count). The number of carbonyl (C=O) groups excluding carboxylic acids is 2. The lowest BCUT2D eigenvalue weighted by atomic mass is 9.96. The van der Waals surface area contributed by atoms with Crippen molar-refractivity contribution in [2.75, 3.05) is 4.90 Å². The van der Waals surface area contributed by atoms with Crippen LogP contribution in [0.25, 0.3) is 16.8 Å². The van der Waals surface area contributed by atoms with E-state index in [2.05, 4.69) is 0 Å². The molecule has 0 saturated carbocycles. The predicted octanol–water partition coefficient (Wildman–Crippen LogP) is 6.03. The van der Waals surface area contributed by atoms with Gasteiger partial charge in [0.05, 0.1) is 11.4 Å². The Morgan fingerprint density at radius 1 is 0.839 bits per heavy atom. The molecule has 1 heterocycles. The number of carbonyl (C=O) groups is 2. The molecular weight excluding hydrogens is 390 g/mol. The van der Waals surface area contributed by atoms with Crippen molar-refractivity contribution < 1.29 is 19.1 Å². The van der Waals surface area contributed by atoms with Gasteiger partial charge in [-0.2, -0.15) is 0 Å². The van der Waals surface area contributed by atoms with E-state index in [0.29, 0.717) is 28.3 Å². The van der Waals surface area contributed by atoms with Crippen LogP contribution in [0.4, 0.5) is 10.5 Å². The molecule has 1 aliphatic carbocycles. The summed E-state index contributed by atoms with van der Waals surface area (Å²) in [5, 5.41) is 0. The summed E-state index contributed by atoms with van der Waals surface area (Å²) < 4.78 is 11.6. The van der Waals surface area contributed by atoms with E-state index in [9.17, 15) is 9.59 Å². The number of amides is 1. The second kappa shape index (κ2) is 6.84. The molecule has 0 bridgehead atoms. The summed E-state index contributed by atoms with van der Waals surface area (Å²) in [6, 6.07) is 20.4. The molecule has 0 unspecified atom stereocenters. The van der Waals surface area contributed by atoms with Gasteiger partial charge in [0, 0.05) is 22.3 Å². The molecular formula is C26H21NO4. The SMILES string of the molecule is CC(C)(C)OC(=O)N1C(c2cccc3c2-c2ccccc2C3=O)=COc2ccccc21. The number of fused-ring (bicyclic) bond motifs is 4. The topological polar surface area (TPSA) is 55.8 Å². The highest BCUT2D eigenvalue weighted by molar-refractivity contribution is 6.23. The van der Waals surface area contributed by atoms with E-state index >= 15 is 0 Å². The van der Waals surface area contributed by atoms with Gasteiger partial charge >= 0.3 is 6.09 Å². The van der Waals surface area contributed by atoms with Crippen LogP contribution in [-0.4, -0.2) is 17.5 Å². The third-order valence-electron chi connectivity index (χ3n) is 5.25. The quantitative estimate of drug-likeness (QED) is 0.384. The maximum Gasteiger partial charge on any atom is 0.419 e. The number of nitrogens with zero attached hydrogens (tertiary/aromatic N) is 1. The first kappa shape index (κ1) is 19.1. The summed E-state index contributed by atoms with van der Waals surface area (Å²) in [6.45, 7) is 5.49. The van der Waals surface area contributed by atoms with Gasteiger partial charge in [0.1, 0.15) is 11.9 Å². The van der Waals surface area contributed by atoms with Crippen LogP contribution in [0, 0.1) is 0 Å². The largest absolute Gasteiger partial charge is 0.461 e. The fourth-order valence-corrected chi connectivity index (χ4v) is 4.02. The number of hydrogen-bond acceptors (Lipinski definition) is 4. The lowest BCUT2D eigenvalue weighted by molar-refractivity contribution is 0.0598.